The first-order chi connectivity index (χ1) is 8.84. The summed E-state index contributed by atoms with van der Waals surface area (Å²) in [5.41, 5.74) is 0. The molecule has 2 aliphatic rings. The second kappa shape index (κ2) is 8.13. The molecule has 0 aromatic carbocycles. The highest BCUT2D eigenvalue weighted by Crippen LogP contribution is 2.15. The summed E-state index contributed by atoms with van der Waals surface area (Å²) in [5, 5.41) is 7.21. The van der Waals surface area contributed by atoms with Gasteiger partial charge in [0.1, 0.15) is 0 Å². The van der Waals surface area contributed by atoms with Crippen molar-refractivity contribution in [3.8, 4) is 0 Å². The van der Waals surface area contributed by atoms with Crippen LogP contribution in [-0.4, -0.2) is 50.2 Å². The van der Waals surface area contributed by atoms with E-state index in [1.165, 1.54) is 71.2 Å². The van der Waals surface area contributed by atoms with Crippen LogP contribution in [0.25, 0.3) is 0 Å². The summed E-state index contributed by atoms with van der Waals surface area (Å²) in [5.74, 6) is 0.955. The molecule has 0 saturated carbocycles. The highest BCUT2D eigenvalue weighted by molar-refractivity contribution is 4.74. The van der Waals surface area contributed by atoms with Gasteiger partial charge in [0.15, 0.2) is 0 Å². The topological polar surface area (TPSA) is 27.3 Å². The third-order valence-corrected chi connectivity index (χ3v) is 4.51. The Balaban J connectivity index is 1.43. The maximum atomic E-state index is 3.61. The molecule has 2 aliphatic heterocycles. The van der Waals surface area contributed by atoms with E-state index in [9.17, 15) is 0 Å². The molecule has 3 heteroatoms. The third-order valence-electron chi connectivity index (χ3n) is 4.51. The van der Waals surface area contributed by atoms with E-state index < -0.39 is 0 Å². The van der Waals surface area contributed by atoms with E-state index in [0.717, 1.165) is 18.5 Å². The summed E-state index contributed by atoms with van der Waals surface area (Å²) in [6.07, 6.45) is 8.24. The highest BCUT2D eigenvalue weighted by atomic mass is 15.1. The summed E-state index contributed by atoms with van der Waals surface area (Å²) < 4.78 is 0. The Bertz CT molecular complexity index is 206. The Hall–Kier alpha value is -0.120. The van der Waals surface area contributed by atoms with E-state index in [0.29, 0.717) is 0 Å². The molecule has 2 rings (SSSR count). The first-order valence-electron chi connectivity index (χ1n) is 8.01. The van der Waals surface area contributed by atoms with E-state index >= 15 is 0 Å². The van der Waals surface area contributed by atoms with E-state index in [4.69, 9.17) is 0 Å². The standard InChI is InChI=1S/C15H31N3/c1-14-6-11-18(12-7-14)10-4-8-16-13-15-5-2-3-9-17-15/h14-17H,2-13H2,1H3. The average Bonchev–Trinajstić information content (AvgIpc) is 2.42. The van der Waals surface area contributed by atoms with Gasteiger partial charge in [-0.1, -0.05) is 13.3 Å². The number of piperidine rings is 2. The zero-order valence-electron chi connectivity index (χ0n) is 12.1. The lowest BCUT2D eigenvalue weighted by Crippen LogP contribution is -2.42. The Morgan fingerprint density at radius 3 is 2.72 bits per heavy atom. The van der Waals surface area contributed by atoms with Crippen molar-refractivity contribution in [2.75, 3.05) is 39.3 Å². The molecule has 0 spiro atoms. The zero-order chi connectivity index (χ0) is 12.6. The van der Waals surface area contributed by atoms with Crippen molar-refractivity contribution in [2.24, 2.45) is 5.92 Å². The molecule has 0 aliphatic carbocycles. The van der Waals surface area contributed by atoms with Crippen molar-refractivity contribution in [1.29, 1.82) is 0 Å². The van der Waals surface area contributed by atoms with Gasteiger partial charge in [-0.2, -0.15) is 0 Å². The first kappa shape index (κ1) is 14.3. The van der Waals surface area contributed by atoms with Crippen LogP contribution < -0.4 is 10.6 Å². The van der Waals surface area contributed by atoms with Crippen LogP contribution >= 0.6 is 0 Å². The van der Waals surface area contributed by atoms with Crippen molar-refractivity contribution >= 4 is 0 Å². The van der Waals surface area contributed by atoms with Crippen LogP contribution in [0, 0.1) is 5.92 Å². The van der Waals surface area contributed by atoms with Crippen LogP contribution in [0.3, 0.4) is 0 Å². The normalized spacial score (nSPS) is 27.5. The van der Waals surface area contributed by atoms with Crippen LogP contribution in [0.4, 0.5) is 0 Å². The van der Waals surface area contributed by atoms with Crippen LogP contribution in [0.2, 0.25) is 0 Å². The van der Waals surface area contributed by atoms with Gasteiger partial charge in [-0.05, 0) is 70.7 Å². The fourth-order valence-corrected chi connectivity index (χ4v) is 3.09. The van der Waals surface area contributed by atoms with Gasteiger partial charge in [0.25, 0.3) is 0 Å². The van der Waals surface area contributed by atoms with Crippen molar-refractivity contribution in [3.63, 3.8) is 0 Å². The lowest BCUT2D eigenvalue weighted by Gasteiger charge is -2.30. The lowest BCUT2D eigenvalue weighted by molar-refractivity contribution is 0.190. The Morgan fingerprint density at radius 2 is 2.00 bits per heavy atom. The second-order valence-electron chi connectivity index (χ2n) is 6.23. The minimum atomic E-state index is 0.731. The molecular weight excluding hydrogens is 222 g/mol. The molecular formula is C15H31N3. The molecule has 3 nitrogen and oxygen atoms in total. The number of hydrogen-bond acceptors (Lipinski definition) is 3. The molecule has 1 unspecified atom stereocenters. The summed E-state index contributed by atoms with van der Waals surface area (Å²) in [6, 6.07) is 0.731. The summed E-state index contributed by atoms with van der Waals surface area (Å²) in [7, 11) is 0. The third kappa shape index (κ3) is 5.25. The predicted molar refractivity (Wildman–Crippen MR) is 78.0 cm³/mol. The molecule has 2 heterocycles. The van der Waals surface area contributed by atoms with Crippen LogP contribution in [-0.2, 0) is 0 Å². The number of rotatable bonds is 6. The Kier molecular flexibility index (Phi) is 6.46. The summed E-state index contributed by atoms with van der Waals surface area (Å²) in [6.45, 7) is 9.89. The number of nitrogens with one attached hydrogen (secondary N) is 2. The fourth-order valence-electron chi connectivity index (χ4n) is 3.09. The molecule has 2 saturated heterocycles. The van der Waals surface area contributed by atoms with Gasteiger partial charge in [0.2, 0.25) is 0 Å². The maximum Gasteiger partial charge on any atom is 0.0192 e. The SMILES string of the molecule is CC1CCN(CCCNCC2CCCCN2)CC1. The number of likely N-dealkylation sites (tertiary alicyclic amines) is 1. The average molecular weight is 253 g/mol. The molecule has 1 atom stereocenters. The zero-order valence-corrected chi connectivity index (χ0v) is 12.1. The van der Waals surface area contributed by atoms with Crippen molar-refractivity contribution in [2.45, 2.75) is 51.5 Å². The van der Waals surface area contributed by atoms with Gasteiger partial charge in [0.05, 0.1) is 0 Å². The quantitative estimate of drug-likeness (QED) is 0.707. The lowest BCUT2D eigenvalue weighted by atomic mass is 9.99. The van der Waals surface area contributed by atoms with Gasteiger partial charge < -0.3 is 15.5 Å². The number of hydrogen-bond donors (Lipinski definition) is 2. The molecule has 2 N–H and O–H groups in total. The summed E-state index contributed by atoms with van der Waals surface area (Å²) in [4.78, 5) is 2.64. The molecule has 0 bridgehead atoms. The second-order valence-corrected chi connectivity index (χ2v) is 6.23. The first-order valence-corrected chi connectivity index (χ1v) is 8.01. The largest absolute Gasteiger partial charge is 0.315 e. The van der Waals surface area contributed by atoms with Gasteiger partial charge in [-0.15, -0.1) is 0 Å². The molecule has 0 amide bonds. The summed E-state index contributed by atoms with van der Waals surface area (Å²) >= 11 is 0. The number of nitrogens with zero attached hydrogens (tertiary/aromatic N) is 1. The van der Waals surface area contributed by atoms with E-state index in [1.807, 2.05) is 0 Å². The van der Waals surface area contributed by atoms with E-state index in [1.54, 1.807) is 0 Å². The van der Waals surface area contributed by atoms with E-state index in [2.05, 4.69) is 22.5 Å². The Labute approximate surface area is 113 Å². The molecule has 18 heavy (non-hydrogen) atoms. The van der Waals surface area contributed by atoms with Gasteiger partial charge in [0, 0.05) is 12.6 Å². The maximum absolute atomic E-state index is 3.61. The predicted octanol–water partition coefficient (Wildman–Crippen LogP) is 1.84. The Morgan fingerprint density at radius 1 is 1.17 bits per heavy atom. The molecule has 0 radical (unpaired) electrons. The van der Waals surface area contributed by atoms with Gasteiger partial charge in [-0.3, -0.25) is 0 Å². The smallest absolute Gasteiger partial charge is 0.0192 e. The molecule has 0 aromatic rings. The van der Waals surface area contributed by atoms with Crippen LogP contribution in [0.15, 0.2) is 0 Å². The van der Waals surface area contributed by atoms with Crippen LogP contribution in [0.5, 0.6) is 0 Å². The molecule has 106 valence electrons. The van der Waals surface area contributed by atoms with Crippen molar-refractivity contribution < 1.29 is 0 Å². The molecule has 0 aromatic heterocycles. The minimum absolute atomic E-state index is 0.731. The highest BCUT2D eigenvalue weighted by Gasteiger charge is 2.15. The minimum Gasteiger partial charge on any atom is -0.315 e. The van der Waals surface area contributed by atoms with Crippen LogP contribution in [0.1, 0.15) is 45.4 Å². The van der Waals surface area contributed by atoms with E-state index in [-0.39, 0.29) is 0 Å². The molecule has 2 fully saturated rings. The van der Waals surface area contributed by atoms with Gasteiger partial charge >= 0.3 is 0 Å². The monoisotopic (exact) mass is 253 g/mol. The fraction of sp³-hybridized carbons (Fsp3) is 1.00. The van der Waals surface area contributed by atoms with Crippen molar-refractivity contribution in [3.05, 3.63) is 0 Å². The van der Waals surface area contributed by atoms with Gasteiger partial charge in [-0.25, -0.2) is 0 Å². The van der Waals surface area contributed by atoms with Crippen molar-refractivity contribution in [1.82, 2.24) is 15.5 Å².